The number of anilines is 3. The summed E-state index contributed by atoms with van der Waals surface area (Å²) in [5, 5.41) is 12.3. The number of nitrogen functional groups attached to an aromatic ring is 1. The normalized spacial score (nSPS) is 16.9. The predicted molar refractivity (Wildman–Crippen MR) is 78.5 cm³/mol. The number of hydrogen-bond donors (Lipinski definition) is 4. The Labute approximate surface area is 118 Å². The quantitative estimate of drug-likeness (QED) is 0.436. The highest BCUT2D eigenvalue weighted by molar-refractivity contribution is 5.43. The van der Waals surface area contributed by atoms with Gasteiger partial charge in [0.05, 0.1) is 12.6 Å². The number of rotatable bonds is 6. The van der Waals surface area contributed by atoms with Gasteiger partial charge in [-0.1, -0.05) is 6.92 Å². The van der Waals surface area contributed by atoms with Crippen molar-refractivity contribution < 1.29 is 5.11 Å². The molecule has 2 heterocycles. The van der Waals surface area contributed by atoms with E-state index in [1.807, 2.05) is 6.92 Å². The van der Waals surface area contributed by atoms with Gasteiger partial charge in [0.25, 0.3) is 0 Å². The van der Waals surface area contributed by atoms with Gasteiger partial charge < -0.3 is 15.3 Å². The number of nitrogens with one attached hydrogen (secondary N) is 2. The van der Waals surface area contributed by atoms with Crippen LogP contribution < -0.4 is 21.5 Å². The maximum absolute atomic E-state index is 9.25. The van der Waals surface area contributed by atoms with E-state index in [4.69, 9.17) is 5.84 Å². The van der Waals surface area contributed by atoms with Crippen LogP contribution in [0, 0.1) is 0 Å². The van der Waals surface area contributed by atoms with Crippen molar-refractivity contribution in [1.82, 2.24) is 15.0 Å². The molecule has 1 atom stereocenters. The number of hydrazine groups is 1. The molecule has 5 N–H and O–H groups in total. The van der Waals surface area contributed by atoms with Crippen molar-refractivity contribution in [3.63, 3.8) is 0 Å². The third kappa shape index (κ3) is 3.67. The zero-order chi connectivity index (χ0) is 14.4. The second kappa shape index (κ2) is 7.20. The minimum atomic E-state index is -0.0720. The van der Waals surface area contributed by atoms with Gasteiger partial charge in [-0.3, -0.25) is 5.43 Å². The highest BCUT2D eigenvalue weighted by atomic mass is 16.3. The molecule has 0 aromatic carbocycles. The molecule has 0 spiro atoms. The number of aliphatic hydroxyl groups is 1. The monoisotopic (exact) mass is 281 g/mol. The Morgan fingerprint density at radius 2 is 1.90 bits per heavy atom. The predicted octanol–water partition coefficient (Wildman–Crippen LogP) is 0.330. The average molecular weight is 281 g/mol. The zero-order valence-electron chi connectivity index (χ0n) is 11.8. The Morgan fingerprint density at radius 1 is 1.20 bits per heavy atom. The molecule has 0 aliphatic carbocycles. The second-order valence-electron chi connectivity index (χ2n) is 4.91. The lowest BCUT2D eigenvalue weighted by molar-refractivity contribution is 0.271. The van der Waals surface area contributed by atoms with Crippen LogP contribution in [0.1, 0.15) is 32.6 Å². The molecule has 0 amide bonds. The molecule has 1 aliphatic heterocycles. The maximum atomic E-state index is 9.25. The van der Waals surface area contributed by atoms with Crippen molar-refractivity contribution >= 4 is 17.8 Å². The van der Waals surface area contributed by atoms with E-state index in [1.165, 1.54) is 6.42 Å². The Hall–Kier alpha value is -1.67. The number of aromatic nitrogens is 3. The van der Waals surface area contributed by atoms with Gasteiger partial charge in [-0.15, -0.1) is 0 Å². The van der Waals surface area contributed by atoms with Crippen molar-refractivity contribution in [2.45, 2.75) is 38.6 Å². The molecule has 1 aliphatic rings. The molecule has 0 saturated carbocycles. The summed E-state index contributed by atoms with van der Waals surface area (Å²) in [6.07, 6.45) is 4.33. The number of aliphatic hydroxyl groups excluding tert-OH is 1. The summed E-state index contributed by atoms with van der Waals surface area (Å²) >= 11 is 0. The Morgan fingerprint density at radius 3 is 2.50 bits per heavy atom. The van der Waals surface area contributed by atoms with Gasteiger partial charge in [-0.25, -0.2) is 5.84 Å². The number of nitrogens with zero attached hydrogens (tertiary/aromatic N) is 4. The summed E-state index contributed by atoms with van der Waals surface area (Å²) < 4.78 is 0. The zero-order valence-corrected chi connectivity index (χ0v) is 11.8. The SMILES string of the molecule is CCC(CO)Nc1nc(NN)nc(N2CCCCC2)n1. The lowest BCUT2D eigenvalue weighted by Gasteiger charge is -2.27. The van der Waals surface area contributed by atoms with Crippen molar-refractivity contribution in [3.05, 3.63) is 0 Å². The van der Waals surface area contributed by atoms with E-state index in [0.717, 1.165) is 32.4 Å². The topological polar surface area (TPSA) is 112 Å². The first kappa shape index (κ1) is 14.7. The van der Waals surface area contributed by atoms with E-state index in [9.17, 15) is 5.11 Å². The minimum absolute atomic E-state index is 0.0343. The van der Waals surface area contributed by atoms with Crippen LogP contribution in [0.25, 0.3) is 0 Å². The van der Waals surface area contributed by atoms with Gasteiger partial charge in [-0.05, 0) is 25.7 Å². The first-order chi connectivity index (χ1) is 9.76. The fourth-order valence-corrected chi connectivity index (χ4v) is 2.19. The van der Waals surface area contributed by atoms with Gasteiger partial charge in [-0.2, -0.15) is 15.0 Å². The first-order valence-electron chi connectivity index (χ1n) is 7.11. The van der Waals surface area contributed by atoms with Crippen LogP contribution in [0.2, 0.25) is 0 Å². The molecule has 8 nitrogen and oxygen atoms in total. The van der Waals surface area contributed by atoms with E-state index in [2.05, 4.69) is 30.6 Å². The molecule has 8 heteroatoms. The molecule has 1 aromatic rings. The highest BCUT2D eigenvalue weighted by Crippen LogP contribution is 2.18. The van der Waals surface area contributed by atoms with E-state index in [0.29, 0.717) is 17.8 Å². The largest absolute Gasteiger partial charge is 0.394 e. The average Bonchev–Trinajstić information content (AvgIpc) is 2.53. The van der Waals surface area contributed by atoms with Crippen LogP contribution in [0.3, 0.4) is 0 Å². The van der Waals surface area contributed by atoms with Crippen LogP contribution >= 0.6 is 0 Å². The van der Waals surface area contributed by atoms with E-state index < -0.39 is 0 Å². The molecule has 1 saturated heterocycles. The van der Waals surface area contributed by atoms with E-state index >= 15 is 0 Å². The van der Waals surface area contributed by atoms with Crippen molar-refractivity contribution in [2.75, 3.05) is 35.3 Å². The Kier molecular flexibility index (Phi) is 5.31. The second-order valence-corrected chi connectivity index (χ2v) is 4.91. The molecule has 1 aromatic heterocycles. The molecular formula is C12H23N7O. The van der Waals surface area contributed by atoms with Gasteiger partial charge in [0.2, 0.25) is 17.8 Å². The molecule has 0 radical (unpaired) electrons. The maximum Gasteiger partial charge on any atom is 0.243 e. The van der Waals surface area contributed by atoms with Crippen LogP contribution in [0.5, 0.6) is 0 Å². The summed E-state index contributed by atoms with van der Waals surface area (Å²) in [7, 11) is 0. The van der Waals surface area contributed by atoms with Gasteiger partial charge in [0.15, 0.2) is 0 Å². The summed E-state index contributed by atoms with van der Waals surface area (Å²) in [6.45, 7) is 3.92. The van der Waals surface area contributed by atoms with Gasteiger partial charge in [0, 0.05) is 13.1 Å². The molecular weight excluding hydrogens is 258 g/mol. The summed E-state index contributed by atoms with van der Waals surface area (Å²) in [5.74, 6) is 6.81. The number of nitrogens with two attached hydrogens (primary N) is 1. The lowest BCUT2D eigenvalue weighted by Crippen LogP contribution is -2.32. The Balaban J connectivity index is 2.18. The summed E-state index contributed by atoms with van der Waals surface area (Å²) in [6, 6.07) is -0.0720. The highest BCUT2D eigenvalue weighted by Gasteiger charge is 2.17. The fraction of sp³-hybridized carbons (Fsp3) is 0.750. The smallest absolute Gasteiger partial charge is 0.243 e. The van der Waals surface area contributed by atoms with Crippen LogP contribution in [0.4, 0.5) is 17.8 Å². The van der Waals surface area contributed by atoms with Crippen molar-refractivity contribution in [2.24, 2.45) is 5.84 Å². The molecule has 2 rings (SSSR count). The summed E-state index contributed by atoms with van der Waals surface area (Å²) in [5.41, 5.74) is 2.46. The molecule has 0 bridgehead atoms. The first-order valence-corrected chi connectivity index (χ1v) is 7.11. The van der Waals surface area contributed by atoms with Crippen LogP contribution in [-0.2, 0) is 0 Å². The summed E-state index contributed by atoms with van der Waals surface area (Å²) in [4.78, 5) is 15.0. The molecule has 20 heavy (non-hydrogen) atoms. The standard InChI is InChI=1S/C12H23N7O/c1-2-9(8-20)14-10-15-11(18-13)17-12(16-10)19-6-4-3-5-7-19/h9,20H,2-8,13H2,1H3,(H2,14,15,16,17,18). The van der Waals surface area contributed by atoms with Crippen LogP contribution in [0.15, 0.2) is 0 Å². The fourth-order valence-electron chi connectivity index (χ4n) is 2.19. The number of piperidine rings is 1. The molecule has 1 unspecified atom stereocenters. The third-order valence-electron chi connectivity index (χ3n) is 3.44. The van der Waals surface area contributed by atoms with Gasteiger partial charge >= 0.3 is 0 Å². The minimum Gasteiger partial charge on any atom is -0.394 e. The number of hydrogen-bond acceptors (Lipinski definition) is 8. The van der Waals surface area contributed by atoms with E-state index in [-0.39, 0.29) is 12.6 Å². The van der Waals surface area contributed by atoms with Crippen LogP contribution in [-0.4, -0.2) is 45.8 Å². The molecule has 112 valence electrons. The van der Waals surface area contributed by atoms with Crippen molar-refractivity contribution in [1.29, 1.82) is 0 Å². The lowest BCUT2D eigenvalue weighted by atomic mass is 10.1. The van der Waals surface area contributed by atoms with Crippen molar-refractivity contribution in [3.8, 4) is 0 Å². The Bertz CT molecular complexity index is 418. The van der Waals surface area contributed by atoms with Gasteiger partial charge in [0.1, 0.15) is 0 Å². The third-order valence-corrected chi connectivity index (χ3v) is 3.44. The molecule has 1 fully saturated rings. The van der Waals surface area contributed by atoms with E-state index in [1.54, 1.807) is 0 Å².